The lowest BCUT2D eigenvalue weighted by molar-refractivity contribution is 0.318. The molecule has 0 aromatic heterocycles. The van der Waals surface area contributed by atoms with Crippen LogP contribution in [-0.2, 0) is 0 Å². The number of phenols is 1. The van der Waals surface area contributed by atoms with Crippen LogP contribution in [0.15, 0.2) is 42.5 Å². The molecule has 0 spiro atoms. The topological polar surface area (TPSA) is 35.9 Å². The summed E-state index contributed by atoms with van der Waals surface area (Å²) in [7, 11) is 0. The van der Waals surface area contributed by atoms with Crippen LogP contribution in [0.1, 0.15) is 12.5 Å². The quantitative estimate of drug-likeness (QED) is 0.846. The van der Waals surface area contributed by atoms with E-state index in [1.165, 1.54) is 12.1 Å². The van der Waals surface area contributed by atoms with Crippen molar-refractivity contribution in [1.29, 1.82) is 0 Å². The lowest BCUT2D eigenvalue weighted by Gasteiger charge is -2.37. The predicted octanol–water partition coefficient (Wildman–Crippen LogP) is 3.43. The molecule has 0 atom stereocenters. The number of aromatic hydroxyl groups is 1. The fourth-order valence-corrected chi connectivity index (χ4v) is 3.23. The predicted molar refractivity (Wildman–Crippen MR) is 101 cm³/mol. The average molecular weight is 360 g/mol. The van der Waals surface area contributed by atoms with Crippen molar-refractivity contribution in [3.8, 4) is 11.5 Å². The Kier molecular flexibility index (Phi) is 5.38. The van der Waals surface area contributed by atoms with Gasteiger partial charge in [0.15, 0.2) is 11.5 Å². The molecule has 0 aliphatic carbocycles. The molecule has 6 heteroatoms. The summed E-state index contributed by atoms with van der Waals surface area (Å²) in [5.41, 5.74) is 1.89. The first kappa shape index (κ1) is 17.5. The third-order valence-electron chi connectivity index (χ3n) is 4.27. The average Bonchev–Trinajstić information content (AvgIpc) is 2.64. The van der Waals surface area contributed by atoms with E-state index in [9.17, 15) is 9.50 Å². The first-order valence-electron chi connectivity index (χ1n) is 8.34. The minimum atomic E-state index is -0.221. The van der Waals surface area contributed by atoms with E-state index < -0.39 is 0 Å². The van der Waals surface area contributed by atoms with Crippen LogP contribution in [0.4, 0.5) is 10.1 Å². The van der Waals surface area contributed by atoms with Crippen molar-refractivity contribution in [3.63, 3.8) is 0 Å². The van der Waals surface area contributed by atoms with Crippen LogP contribution in [0, 0.1) is 5.82 Å². The Bertz CT molecular complexity index is 744. The smallest absolute Gasteiger partial charge is 0.161 e. The molecule has 0 saturated carbocycles. The van der Waals surface area contributed by atoms with Gasteiger partial charge < -0.3 is 19.6 Å². The number of hydrogen-bond acceptors (Lipinski definition) is 4. The molecule has 2 aromatic carbocycles. The van der Waals surface area contributed by atoms with Crippen LogP contribution in [0.25, 0.3) is 0 Å². The Balaban J connectivity index is 1.65. The number of nitrogens with zero attached hydrogens (tertiary/aromatic N) is 2. The van der Waals surface area contributed by atoms with E-state index in [2.05, 4.69) is 9.80 Å². The number of thiocarbonyl (C=S) groups is 1. The second kappa shape index (κ2) is 7.70. The number of hydrogen-bond donors (Lipinski definition) is 1. The zero-order valence-corrected chi connectivity index (χ0v) is 14.9. The van der Waals surface area contributed by atoms with Gasteiger partial charge in [-0.25, -0.2) is 4.39 Å². The van der Waals surface area contributed by atoms with Gasteiger partial charge in [0.2, 0.25) is 0 Å². The molecule has 1 aliphatic heterocycles. The number of rotatable bonds is 4. The maximum absolute atomic E-state index is 13.1. The summed E-state index contributed by atoms with van der Waals surface area (Å²) in [5.74, 6) is 0.350. The fourth-order valence-electron chi connectivity index (χ4n) is 2.92. The molecule has 1 heterocycles. The highest BCUT2D eigenvalue weighted by Crippen LogP contribution is 2.28. The Morgan fingerprint density at radius 3 is 2.44 bits per heavy atom. The van der Waals surface area contributed by atoms with Gasteiger partial charge in [0.1, 0.15) is 10.8 Å². The van der Waals surface area contributed by atoms with Crippen LogP contribution in [-0.4, -0.2) is 47.8 Å². The molecule has 0 bridgehead atoms. The van der Waals surface area contributed by atoms with Crippen LogP contribution in [0.5, 0.6) is 11.5 Å². The van der Waals surface area contributed by atoms with Gasteiger partial charge in [0.25, 0.3) is 0 Å². The van der Waals surface area contributed by atoms with Gasteiger partial charge >= 0.3 is 0 Å². The second-order valence-corrected chi connectivity index (χ2v) is 6.26. The highest BCUT2D eigenvalue weighted by atomic mass is 32.1. The molecule has 0 radical (unpaired) electrons. The van der Waals surface area contributed by atoms with Crippen molar-refractivity contribution in [2.75, 3.05) is 37.7 Å². The minimum Gasteiger partial charge on any atom is -0.504 e. The van der Waals surface area contributed by atoms with Gasteiger partial charge in [-0.15, -0.1) is 0 Å². The number of halogens is 1. The number of phenolic OH excluding ortho intramolecular Hbond substituents is 1. The van der Waals surface area contributed by atoms with E-state index in [0.29, 0.717) is 12.4 Å². The van der Waals surface area contributed by atoms with Crippen molar-refractivity contribution < 1.29 is 14.2 Å². The second-order valence-electron chi connectivity index (χ2n) is 5.87. The fraction of sp³-hybridized carbons (Fsp3) is 0.316. The van der Waals surface area contributed by atoms with Crippen molar-refractivity contribution >= 4 is 22.9 Å². The molecule has 132 valence electrons. The van der Waals surface area contributed by atoms with Crippen molar-refractivity contribution in [3.05, 3.63) is 53.8 Å². The minimum absolute atomic E-state index is 0.120. The zero-order chi connectivity index (χ0) is 17.8. The summed E-state index contributed by atoms with van der Waals surface area (Å²) in [6.45, 7) is 5.59. The highest BCUT2D eigenvalue weighted by Gasteiger charge is 2.20. The van der Waals surface area contributed by atoms with Gasteiger partial charge in [-0.2, -0.15) is 0 Å². The van der Waals surface area contributed by atoms with Crippen molar-refractivity contribution in [1.82, 2.24) is 4.90 Å². The molecule has 1 aliphatic rings. The largest absolute Gasteiger partial charge is 0.504 e. The van der Waals surface area contributed by atoms with Gasteiger partial charge in [-0.3, -0.25) is 0 Å². The van der Waals surface area contributed by atoms with Gasteiger partial charge in [0, 0.05) is 37.4 Å². The lowest BCUT2D eigenvalue weighted by Crippen LogP contribution is -2.48. The summed E-state index contributed by atoms with van der Waals surface area (Å²) in [5, 5.41) is 9.82. The molecule has 0 unspecified atom stereocenters. The Labute approximate surface area is 152 Å². The van der Waals surface area contributed by atoms with Crippen molar-refractivity contribution in [2.45, 2.75) is 6.92 Å². The maximum Gasteiger partial charge on any atom is 0.161 e. The standard InChI is InChI=1S/C19H21FN2O2S/c1-2-24-18-13-14(3-8-17(18)23)19(25)22-11-9-21(10-12-22)16-6-4-15(20)5-7-16/h3-8,13,23H,2,9-12H2,1H3. The Hall–Kier alpha value is -2.34. The third-order valence-corrected chi connectivity index (χ3v) is 4.76. The molecule has 4 nitrogen and oxygen atoms in total. The summed E-state index contributed by atoms with van der Waals surface area (Å²) in [6, 6.07) is 11.8. The number of piperazine rings is 1. The maximum atomic E-state index is 13.1. The summed E-state index contributed by atoms with van der Waals surface area (Å²) in [6.07, 6.45) is 0. The zero-order valence-electron chi connectivity index (χ0n) is 14.1. The molecule has 1 fully saturated rings. The van der Waals surface area contributed by atoms with Crippen molar-refractivity contribution in [2.24, 2.45) is 0 Å². The molecule has 1 N–H and O–H groups in total. The molecular weight excluding hydrogens is 339 g/mol. The number of anilines is 1. The van der Waals surface area contributed by atoms with Crippen LogP contribution < -0.4 is 9.64 Å². The molecule has 3 rings (SSSR count). The van der Waals surface area contributed by atoms with Crippen LogP contribution >= 0.6 is 12.2 Å². The lowest BCUT2D eigenvalue weighted by atomic mass is 10.1. The first-order valence-corrected chi connectivity index (χ1v) is 8.75. The number of ether oxygens (including phenoxy) is 1. The molecule has 25 heavy (non-hydrogen) atoms. The van der Waals surface area contributed by atoms with E-state index in [0.717, 1.165) is 42.4 Å². The normalized spacial score (nSPS) is 14.5. The van der Waals surface area contributed by atoms with Gasteiger partial charge in [-0.1, -0.05) is 12.2 Å². The number of benzene rings is 2. The Morgan fingerprint density at radius 1 is 1.12 bits per heavy atom. The molecule has 1 saturated heterocycles. The van der Waals surface area contributed by atoms with E-state index >= 15 is 0 Å². The first-order chi connectivity index (χ1) is 12.1. The molecule has 0 amide bonds. The Morgan fingerprint density at radius 2 is 1.80 bits per heavy atom. The summed E-state index contributed by atoms with van der Waals surface area (Å²) >= 11 is 5.62. The summed E-state index contributed by atoms with van der Waals surface area (Å²) < 4.78 is 18.5. The highest BCUT2D eigenvalue weighted by molar-refractivity contribution is 7.80. The van der Waals surface area contributed by atoms with Gasteiger partial charge in [-0.05, 0) is 49.4 Å². The van der Waals surface area contributed by atoms with Crippen LogP contribution in [0.3, 0.4) is 0 Å². The van der Waals surface area contributed by atoms with E-state index in [1.807, 2.05) is 13.0 Å². The monoisotopic (exact) mass is 360 g/mol. The van der Waals surface area contributed by atoms with Crippen LogP contribution in [0.2, 0.25) is 0 Å². The van der Waals surface area contributed by atoms with E-state index in [1.54, 1.807) is 24.3 Å². The molecule has 2 aromatic rings. The summed E-state index contributed by atoms with van der Waals surface area (Å²) in [4.78, 5) is 5.12. The SMILES string of the molecule is CCOc1cc(C(=S)N2CCN(c3ccc(F)cc3)CC2)ccc1O. The third kappa shape index (κ3) is 4.02. The van der Waals surface area contributed by atoms with Gasteiger partial charge in [0.05, 0.1) is 6.61 Å². The van der Waals surface area contributed by atoms with E-state index in [-0.39, 0.29) is 11.6 Å². The van der Waals surface area contributed by atoms with E-state index in [4.69, 9.17) is 17.0 Å². The molecular formula is C19H21FN2O2S.